The van der Waals surface area contributed by atoms with E-state index in [1.54, 1.807) is 0 Å². The van der Waals surface area contributed by atoms with Gasteiger partial charge in [-0.1, -0.05) is 44.2 Å². The summed E-state index contributed by atoms with van der Waals surface area (Å²) in [5.74, 6) is -0.206. The molecular weight excluding hydrogens is 310 g/mol. The van der Waals surface area contributed by atoms with Gasteiger partial charge in [0.2, 0.25) is 0 Å². The Morgan fingerprint density at radius 1 is 1.26 bits per heavy atom. The summed E-state index contributed by atoms with van der Waals surface area (Å²) < 4.78 is 30.2. The summed E-state index contributed by atoms with van der Waals surface area (Å²) in [7, 11) is -3.87. The van der Waals surface area contributed by atoms with Crippen LogP contribution in [0, 0.1) is 6.92 Å². The van der Waals surface area contributed by atoms with Crippen LogP contribution in [0.2, 0.25) is 0 Å². The van der Waals surface area contributed by atoms with Gasteiger partial charge in [-0.15, -0.1) is 0 Å². The van der Waals surface area contributed by atoms with Crippen LogP contribution in [-0.2, 0) is 15.5 Å². The zero-order valence-electron chi connectivity index (χ0n) is 14.4. The molecule has 0 saturated heterocycles. The molecule has 0 atom stereocenters. The Labute approximate surface area is 140 Å². The van der Waals surface area contributed by atoms with Crippen molar-refractivity contribution < 1.29 is 13.0 Å². The zero-order chi connectivity index (χ0) is 17.5. The van der Waals surface area contributed by atoms with E-state index in [2.05, 4.69) is 37.9 Å². The van der Waals surface area contributed by atoms with E-state index in [0.29, 0.717) is 19.4 Å². The lowest BCUT2D eigenvalue weighted by atomic mass is 9.77. The maximum atomic E-state index is 10.7. The van der Waals surface area contributed by atoms with Crippen molar-refractivity contribution in [2.45, 2.75) is 46.0 Å². The molecule has 1 rings (SSSR count). The van der Waals surface area contributed by atoms with E-state index in [1.165, 1.54) is 11.1 Å². The molecule has 0 aromatic heterocycles. The molecule has 23 heavy (non-hydrogen) atoms. The lowest BCUT2D eigenvalue weighted by molar-refractivity contribution is 0.480. The number of unbranched alkanes of at least 4 members (excludes halogenated alkanes) is 1. The molecule has 1 aromatic carbocycles. The lowest BCUT2D eigenvalue weighted by Gasteiger charge is -2.28. The van der Waals surface area contributed by atoms with Crippen LogP contribution in [0.3, 0.4) is 0 Å². The first-order valence-electron chi connectivity index (χ1n) is 7.87. The highest BCUT2D eigenvalue weighted by Crippen LogP contribution is 2.28. The molecule has 0 spiro atoms. The number of aliphatic imine (C=N–C) groups is 1. The number of benzene rings is 1. The Kier molecular flexibility index (Phi) is 7.16. The van der Waals surface area contributed by atoms with Gasteiger partial charge in [-0.3, -0.25) is 9.55 Å². The Hall–Kier alpha value is -1.46. The molecule has 0 unspecified atom stereocenters. The van der Waals surface area contributed by atoms with E-state index in [-0.39, 0.29) is 11.2 Å². The third kappa shape index (κ3) is 6.28. The van der Waals surface area contributed by atoms with Gasteiger partial charge in [0.05, 0.1) is 5.75 Å². The lowest BCUT2D eigenvalue weighted by Crippen LogP contribution is -2.29. The first kappa shape index (κ1) is 19.6. The predicted octanol–water partition coefficient (Wildman–Crippen LogP) is 3.96. The van der Waals surface area contributed by atoms with Crippen molar-refractivity contribution in [1.29, 1.82) is 0 Å². The second-order valence-corrected chi connectivity index (χ2v) is 7.77. The molecule has 5 heteroatoms. The minimum atomic E-state index is -3.87. The first-order valence-corrected chi connectivity index (χ1v) is 9.48. The van der Waals surface area contributed by atoms with Crippen molar-refractivity contribution in [3.63, 3.8) is 0 Å². The van der Waals surface area contributed by atoms with Gasteiger partial charge in [-0.25, -0.2) is 0 Å². The molecule has 0 aliphatic heterocycles. The highest BCUT2D eigenvalue weighted by molar-refractivity contribution is 7.85. The molecule has 0 saturated carbocycles. The van der Waals surface area contributed by atoms with Crippen molar-refractivity contribution in [2.75, 3.05) is 12.3 Å². The SMILES string of the molecule is C/C=C/C(=N\CCCCS(=O)(=O)O)C(C)(C)c1ccccc1C. The van der Waals surface area contributed by atoms with Gasteiger partial charge in [-0.2, -0.15) is 8.42 Å². The second-order valence-electron chi connectivity index (χ2n) is 6.20. The number of allylic oxidation sites excluding steroid dienone is 2. The van der Waals surface area contributed by atoms with E-state index in [9.17, 15) is 8.42 Å². The summed E-state index contributed by atoms with van der Waals surface area (Å²) >= 11 is 0. The average molecular weight is 337 g/mol. The Bertz CT molecular complexity index is 673. The summed E-state index contributed by atoms with van der Waals surface area (Å²) in [5, 5.41) is 0. The van der Waals surface area contributed by atoms with Crippen LogP contribution in [0.1, 0.15) is 44.7 Å². The fourth-order valence-electron chi connectivity index (χ4n) is 2.62. The van der Waals surface area contributed by atoms with Crippen molar-refractivity contribution in [3.8, 4) is 0 Å². The van der Waals surface area contributed by atoms with Crippen molar-refractivity contribution in [1.82, 2.24) is 0 Å². The number of rotatable bonds is 8. The van der Waals surface area contributed by atoms with Crippen LogP contribution in [0.4, 0.5) is 0 Å². The van der Waals surface area contributed by atoms with E-state index >= 15 is 0 Å². The molecule has 128 valence electrons. The normalized spacial score (nSPS) is 13.7. The molecule has 4 nitrogen and oxygen atoms in total. The van der Waals surface area contributed by atoms with Gasteiger partial charge in [-0.05, 0) is 43.9 Å². The van der Waals surface area contributed by atoms with E-state index < -0.39 is 10.1 Å². The quantitative estimate of drug-likeness (QED) is 0.443. The van der Waals surface area contributed by atoms with E-state index in [1.807, 2.05) is 31.2 Å². The summed E-state index contributed by atoms with van der Waals surface area (Å²) in [6.45, 7) is 8.89. The Balaban J connectivity index is 2.88. The van der Waals surface area contributed by atoms with Crippen LogP contribution >= 0.6 is 0 Å². The topological polar surface area (TPSA) is 66.7 Å². The summed E-state index contributed by atoms with van der Waals surface area (Å²) in [6, 6.07) is 8.27. The fourth-order valence-corrected chi connectivity index (χ4v) is 3.19. The minimum Gasteiger partial charge on any atom is -0.289 e. The summed E-state index contributed by atoms with van der Waals surface area (Å²) in [6.07, 6.45) is 5.02. The average Bonchev–Trinajstić information content (AvgIpc) is 2.44. The smallest absolute Gasteiger partial charge is 0.264 e. The Morgan fingerprint density at radius 3 is 2.48 bits per heavy atom. The van der Waals surface area contributed by atoms with Gasteiger partial charge >= 0.3 is 0 Å². The predicted molar refractivity (Wildman–Crippen MR) is 97.0 cm³/mol. The number of hydrogen-bond donors (Lipinski definition) is 1. The van der Waals surface area contributed by atoms with Gasteiger partial charge < -0.3 is 0 Å². The van der Waals surface area contributed by atoms with E-state index in [0.717, 1.165) is 5.71 Å². The summed E-state index contributed by atoms with van der Waals surface area (Å²) in [4.78, 5) is 4.68. The largest absolute Gasteiger partial charge is 0.289 e. The minimum absolute atomic E-state index is 0.206. The number of hydrogen-bond acceptors (Lipinski definition) is 3. The third-order valence-corrected chi connectivity index (χ3v) is 4.68. The first-order chi connectivity index (χ1) is 10.7. The molecule has 1 N–H and O–H groups in total. The molecule has 0 aliphatic carbocycles. The molecule has 0 aliphatic rings. The molecule has 0 bridgehead atoms. The van der Waals surface area contributed by atoms with Gasteiger partial charge in [0, 0.05) is 17.7 Å². The molecule has 0 fully saturated rings. The van der Waals surface area contributed by atoms with Gasteiger partial charge in [0.25, 0.3) is 10.1 Å². The van der Waals surface area contributed by atoms with Gasteiger partial charge in [0.15, 0.2) is 0 Å². The second kappa shape index (κ2) is 8.41. The standard InChI is InChI=1S/C18H27NO3S/c1-5-10-17(19-13-8-9-14-23(20,21)22)18(3,4)16-12-7-6-11-15(16)2/h5-7,10-12H,8-9,13-14H2,1-4H3,(H,20,21,22)/b10-5+,19-17+. The monoisotopic (exact) mass is 337 g/mol. The molecule has 1 aromatic rings. The van der Waals surface area contributed by atoms with Crippen LogP contribution in [0.5, 0.6) is 0 Å². The molecule has 0 radical (unpaired) electrons. The fraction of sp³-hybridized carbons (Fsp3) is 0.500. The molecular formula is C18H27NO3S. The van der Waals surface area contributed by atoms with Crippen molar-refractivity contribution >= 4 is 15.8 Å². The third-order valence-electron chi connectivity index (χ3n) is 3.88. The zero-order valence-corrected chi connectivity index (χ0v) is 15.2. The van der Waals surface area contributed by atoms with Gasteiger partial charge in [0.1, 0.15) is 0 Å². The van der Waals surface area contributed by atoms with Crippen molar-refractivity contribution in [2.24, 2.45) is 4.99 Å². The van der Waals surface area contributed by atoms with Crippen LogP contribution in [0.25, 0.3) is 0 Å². The maximum absolute atomic E-state index is 10.7. The number of nitrogens with zero attached hydrogens (tertiary/aromatic N) is 1. The highest BCUT2D eigenvalue weighted by atomic mass is 32.2. The summed E-state index contributed by atoms with van der Waals surface area (Å²) in [5.41, 5.74) is 3.21. The van der Waals surface area contributed by atoms with Crippen LogP contribution in [0.15, 0.2) is 41.4 Å². The van der Waals surface area contributed by atoms with Crippen LogP contribution < -0.4 is 0 Å². The number of aryl methyl sites for hydroxylation is 1. The maximum Gasteiger partial charge on any atom is 0.264 e. The van der Waals surface area contributed by atoms with Crippen LogP contribution in [-0.4, -0.2) is 31.0 Å². The molecule has 0 heterocycles. The molecule has 0 amide bonds. The van der Waals surface area contributed by atoms with Crippen molar-refractivity contribution in [3.05, 3.63) is 47.5 Å². The Morgan fingerprint density at radius 2 is 1.91 bits per heavy atom. The van der Waals surface area contributed by atoms with E-state index in [4.69, 9.17) is 4.55 Å². The highest BCUT2D eigenvalue weighted by Gasteiger charge is 2.26.